The van der Waals surface area contributed by atoms with Gasteiger partial charge in [-0.2, -0.15) is 0 Å². The zero-order chi connectivity index (χ0) is 20.8. The molecule has 2 aromatic heterocycles. The van der Waals surface area contributed by atoms with Crippen molar-refractivity contribution >= 4 is 23.1 Å². The number of carbonyl (C=O) groups is 1. The Morgan fingerprint density at radius 1 is 0.867 bits per heavy atom. The van der Waals surface area contributed by atoms with Gasteiger partial charge >= 0.3 is 0 Å². The van der Waals surface area contributed by atoms with E-state index < -0.39 is 0 Å². The number of anilines is 3. The van der Waals surface area contributed by atoms with E-state index in [1.807, 2.05) is 60.7 Å². The number of hydrogen-bond acceptors (Lipinski definition) is 6. The molecule has 2 aromatic carbocycles. The predicted octanol–water partition coefficient (Wildman–Crippen LogP) is 5.10. The fraction of sp³-hybridized carbons (Fsp3) is 0.0833. The fourth-order valence-electron chi connectivity index (χ4n) is 2.95. The van der Waals surface area contributed by atoms with E-state index >= 15 is 0 Å². The van der Waals surface area contributed by atoms with Gasteiger partial charge in [0.25, 0.3) is 0 Å². The van der Waals surface area contributed by atoms with E-state index in [2.05, 4.69) is 25.6 Å². The van der Waals surface area contributed by atoms with Crippen molar-refractivity contribution in [1.82, 2.24) is 15.0 Å². The molecular weight excluding hydrogens is 374 g/mol. The number of pyridine rings is 1. The molecule has 0 radical (unpaired) electrons. The van der Waals surface area contributed by atoms with Gasteiger partial charge in [-0.1, -0.05) is 30.3 Å². The third-order valence-corrected chi connectivity index (χ3v) is 4.54. The lowest BCUT2D eigenvalue weighted by Crippen LogP contribution is -2.05. The maximum absolute atomic E-state index is 11.5. The van der Waals surface area contributed by atoms with Crippen LogP contribution in [-0.2, 0) is 6.54 Å². The highest BCUT2D eigenvalue weighted by molar-refractivity contribution is 5.94. The van der Waals surface area contributed by atoms with Crippen LogP contribution in [0.1, 0.15) is 22.8 Å². The molecule has 0 aliphatic rings. The molecule has 2 N–H and O–H groups in total. The van der Waals surface area contributed by atoms with Crippen molar-refractivity contribution in [2.75, 3.05) is 10.6 Å². The topological polar surface area (TPSA) is 79.8 Å². The van der Waals surface area contributed by atoms with Gasteiger partial charge in [-0.05, 0) is 48.9 Å². The third kappa shape index (κ3) is 4.86. The molecule has 4 rings (SSSR count). The van der Waals surface area contributed by atoms with Crippen LogP contribution >= 0.6 is 0 Å². The molecule has 6 nitrogen and oxygen atoms in total. The van der Waals surface area contributed by atoms with Gasteiger partial charge in [-0.15, -0.1) is 0 Å². The first-order valence-corrected chi connectivity index (χ1v) is 9.63. The molecule has 2 heterocycles. The number of benzene rings is 2. The monoisotopic (exact) mass is 395 g/mol. The van der Waals surface area contributed by atoms with Crippen LogP contribution in [-0.4, -0.2) is 20.7 Å². The van der Waals surface area contributed by atoms with Gasteiger partial charge < -0.3 is 10.6 Å². The molecule has 148 valence electrons. The summed E-state index contributed by atoms with van der Waals surface area (Å²) in [6.45, 7) is 2.18. The number of carbonyl (C=O) groups excluding carboxylic acids is 1. The van der Waals surface area contributed by atoms with Gasteiger partial charge in [0, 0.05) is 41.8 Å². The lowest BCUT2D eigenvalue weighted by atomic mass is 10.1. The molecule has 0 spiro atoms. The van der Waals surface area contributed by atoms with Gasteiger partial charge in [-0.3, -0.25) is 9.78 Å². The zero-order valence-corrected chi connectivity index (χ0v) is 16.5. The first-order valence-electron chi connectivity index (χ1n) is 9.63. The summed E-state index contributed by atoms with van der Waals surface area (Å²) >= 11 is 0. The highest BCUT2D eigenvalue weighted by atomic mass is 16.1. The van der Waals surface area contributed by atoms with E-state index in [-0.39, 0.29) is 5.78 Å². The third-order valence-electron chi connectivity index (χ3n) is 4.54. The van der Waals surface area contributed by atoms with Crippen molar-refractivity contribution in [3.8, 4) is 11.4 Å². The Labute approximate surface area is 175 Å². The molecule has 0 saturated carbocycles. The van der Waals surface area contributed by atoms with E-state index in [0.717, 1.165) is 16.8 Å². The number of nitrogens with zero attached hydrogens (tertiary/aromatic N) is 3. The Hall–Kier alpha value is -4.06. The Balaban J connectivity index is 1.62. The molecule has 0 fully saturated rings. The molecule has 0 unspecified atom stereocenters. The standard InChI is InChI=1S/C24H21N5O/c1-17(30)19-7-9-21(10-8-19)27-23-15-22(26-16-18-11-13-25-14-12-18)28-24(29-23)20-5-3-2-4-6-20/h2-15H,16H2,1H3,(H2,26,27,28,29). The van der Waals surface area contributed by atoms with Crippen LogP contribution in [0.15, 0.2) is 85.2 Å². The van der Waals surface area contributed by atoms with E-state index in [1.54, 1.807) is 31.5 Å². The first kappa shape index (κ1) is 19.3. The molecule has 0 aliphatic carbocycles. The summed E-state index contributed by atoms with van der Waals surface area (Å²) in [6.07, 6.45) is 3.54. The fourth-order valence-corrected chi connectivity index (χ4v) is 2.95. The van der Waals surface area contributed by atoms with Crippen LogP contribution in [0.2, 0.25) is 0 Å². The normalized spacial score (nSPS) is 10.4. The van der Waals surface area contributed by atoms with Crippen molar-refractivity contribution < 1.29 is 4.79 Å². The number of Topliss-reactive ketones (excluding diaryl/α,β-unsaturated/α-hetero) is 1. The van der Waals surface area contributed by atoms with Crippen LogP contribution in [0.5, 0.6) is 0 Å². The molecule has 0 saturated heterocycles. The van der Waals surface area contributed by atoms with Crippen molar-refractivity contribution in [2.24, 2.45) is 0 Å². The number of rotatable bonds is 7. The summed E-state index contributed by atoms with van der Waals surface area (Å²) in [6, 6.07) is 23.0. The zero-order valence-electron chi connectivity index (χ0n) is 16.5. The summed E-state index contributed by atoms with van der Waals surface area (Å²) in [4.78, 5) is 24.9. The van der Waals surface area contributed by atoms with Crippen molar-refractivity contribution in [2.45, 2.75) is 13.5 Å². The molecule has 0 amide bonds. The minimum absolute atomic E-state index is 0.0394. The Morgan fingerprint density at radius 3 is 2.27 bits per heavy atom. The summed E-state index contributed by atoms with van der Waals surface area (Å²) < 4.78 is 0. The van der Waals surface area contributed by atoms with Gasteiger partial charge in [0.1, 0.15) is 11.6 Å². The Kier molecular flexibility index (Phi) is 5.75. The van der Waals surface area contributed by atoms with Crippen molar-refractivity contribution in [3.63, 3.8) is 0 Å². The Morgan fingerprint density at radius 2 is 1.57 bits per heavy atom. The molecule has 30 heavy (non-hydrogen) atoms. The van der Waals surface area contributed by atoms with Crippen molar-refractivity contribution in [3.05, 3.63) is 96.3 Å². The lowest BCUT2D eigenvalue weighted by molar-refractivity contribution is 0.101. The van der Waals surface area contributed by atoms with Crippen molar-refractivity contribution in [1.29, 1.82) is 0 Å². The van der Waals surface area contributed by atoms with E-state index in [1.165, 1.54) is 0 Å². The second-order valence-electron chi connectivity index (χ2n) is 6.80. The average molecular weight is 395 g/mol. The average Bonchev–Trinajstić information content (AvgIpc) is 2.79. The molecule has 0 atom stereocenters. The quantitative estimate of drug-likeness (QED) is 0.424. The molecular formula is C24H21N5O. The minimum atomic E-state index is 0.0394. The minimum Gasteiger partial charge on any atom is -0.366 e. The Bertz CT molecular complexity index is 1130. The van der Waals surface area contributed by atoms with Gasteiger partial charge in [0.15, 0.2) is 11.6 Å². The van der Waals surface area contributed by atoms with Crippen LogP contribution in [0.25, 0.3) is 11.4 Å². The van der Waals surface area contributed by atoms with Gasteiger partial charge in [0.2, 0.25) is 0 Å². The molecule has 0 aliphatic heterocycles. The largest absolute Gasteiger partial charge is 0.366 e. The van der Waals surface area contributed by atoms with Crippen LogP contribution in [0.4, 0.5) is 17.3 Å². The van der Waals surface area contributed by atoms with Gasteiger partial charge in [-0.25, -0.2) is 9.97 Å². The summed E-state index contributed by atoms with van der Waals surface area (Å²) in [5.41, 5.74) is 3.56. The van der Waals surface area contributed by atoms with E-state index in [4.69, 9.17) is 0 Å². The van der Waals surface area contributed by atoms with E-state index in [0.29, 0.717) is 29.6 Å². The molecule has 6 heteroatoms. The smallest absolute Gasteiger partial charge is 0.163 e. The second kappa shape index (κ2) is 8.96. The summed E-state index contributed by atoms with van der Waals surface area (Å²) in [5, 5.41) is 6.66. The SMILES string of the molecule is CC(=O)c1ccc(Nc2cc(NCc3ccncc3)nc(-c3ccccc3)n2)cc1. The first-order chi connectivity index (χ1) is 14.7. The molecule has 4 aromatic rings. The number of hydrogen-bond donors (Lipinski definition) is 2. The second-order valence-corrected chi connectivity index (χ2v) is 6.80. The van der Waals surface area contributed by atoms with Crippen LogP contribution in [0, 0.1) is 0 Å². The van der Waals surface area contributed by atoms with Crippen LogP contribution in [0.3, 0.4) is 0 Å². The van der Waals surface area contributed by atoms with Gasteiger partial charge in [0.05, 0.1) is 0 Å². The molecule has 0 bridgehead atoms. The maximum Gasteiger partial charge on any atom is 0.163 e. The number of nitrogens with one attached hydrogen (secondary N) is 2. The predicted molar refractivity (Wildman–Crippen MR) is 119 cm³/mol. The summed E-state index contributed by atoms with van der Waals surface area (Å²) in [5.74, 6) is 2.04. The maximum atomic E-state index is 11.5. The number of aromatic nitrogens is 3. The lowest BCUT2D eigenvalue weighted by Gasteiger charge is -2.12. The van der Waals surface area contributed by atoms with E-state index in [9.17, 15) is 4.79 Å². The van der Waals surface area contributed by atoms with Crippen LogP contribution < -0.4 is 10.6 Å². The number of ketones is 1. The highest BCUT2D eigenvalue weighted by Crippen LogP contribution is 2.23. The highest BCUT2D eigenvalue weighted by Gasteiger charge is 2.08. The summed E-state index contributed by atoms with van der Waals surface area (Å²) in [7, 11) is 0.